The van der Waals surface area contributed by atoms with E-state index in [0.29, 0.717) is 6.61 Å². The molecule has 0 unspecified atom stereocenters. The SMILES string of the molecule is C=CCCCCN1C[C@@]2(CCCc3cc(Cl)ccc32)COc2ccc(CC(=O)OC(C)(C)C)cc21. The monoisotopic (exact) mass is 495 g/mol. The molecule has 0 N–H and O–H groups in total. The lowest BCUT2D eigenvalue weighted by Crippen LogP contribution is -2.46. The van der Waals surface area contributed by atoms with Gasteiger partial charge in [-0.2, -0.15) is 0 Å². The lowest BCUT2D eigenvalue weighted by molar-refractivity contribution is -0.153. The summed E-state index contributed by atoms with van der Waals surface area (Å²) in [7, 11) is 0. The van der Waals surface area contributed by atoms with Gasteiger partial charge in [-0.05, 0) is 100 Å². The molecule has 0 saturated heterocycles. The normalized spacial score (nSPS) is 19.4. The highest BCUT2D eigenvalue weighted by molar-refractivity contribution is 6.30. The summed E-state index contributed by atoms with van der Waals surface area (Å²) < 4.78 is 12.1. The Bertz CT molecular complexity index is 1070. The van der Waals surface area contributed by atoms with Crippen LogP contribution >= 0.6 is 11.6 Å². The summed E-state index contributed by atoms with van der Waals surface area (Å²) >= 11 is 6.35. The molecular weight excluding hydrogens is 458 g/mol. The number of carbonyl (C=O) groups is 1. The van der Waals surface area contributed by atoms with Crippen LogP contribution in [0.25, 0.3) is 0 Å². The molecule has 4 rings (SSSR count). The van der Waals surface area contributed by atoms with Crippen molar-refractivity contribution in [1.82, 2.24) is 0 Å². The molecule has 1 spiro atoms. The van der Waals surface area contributed by atoms with Gasteiger partial charge in [-0.25, -0.2) is 0 Å². The van der Waals surface area contributed by atoms with Gasteiger partial charge in [0.2, 0.25) is 0 Å². The molecule has 2 aromatic rings. The molecule has 35 heavy (non-hydrogen) atoms. The molecule has 188 valence electrons. The number of aryl methyl sites for hydroxylation is 1. The van der Waals surface area contributed by atoms with E-state index in [1.807, 2.05) is 45.0 Å². The average molecular weight is 496 g/mol. The van der Waals surface area contributed by atoms with Crippen LogP contribution in [0.5, 0.6) is 5.75 Å². The highest BCUT2D eigenvalue weighted by Crippen LogP contribution is 2.44. The summed E-state index contributed by atoms with van der Waals surface area (Å²) in [5.74, 6) is 0.679. The Morgan fingerprint density at radius 3 is 2.83 bits per heavy atom. The lowest BCUT2D eigenvalue weighted by atomic mass is 9.70. The van der Waals surface area contributed by atoms with Crippen molar-refractivity contribution in [3.63, 3.8) is 0 Å². The largest absolute Gasteiger partial charge is 0.490 e. The first-order chi connectivity index (χ1) is 16.7. The van der Waals surface area contributed by atoms with Gasteiger partial charge in [-0.15, -0.1) is 6.58 Å². The molecule has 4 nitrogen and oxygen atoms in total. The van der Waals surface area contributed by atoms with Crippen LogP contribution in [0.3, 0.4) is 0 Å². The van der Waals surface area contributed by atoms with E-state index in [-0.39, 0.29) is 17.8 Å². The summed E-state index contributed by atoms with van der Waals surface area (Å²) in [5, 5.41) is 0.798. The Labute approximate surface area is 215 Å². The standard InChI is InChI=1S/C30H38ClNO3/c1-5-6-7-8-16-32-20-30(15-9-10-23-19-24(31)12-13-25(23)30)21-34-27-14-11-22(17-26(27)32)18-28(33)35-29(2,3)4/h5,11-14,17,19H,1,6-10,15-16,18,20-21H2,2-4H3/t30-/m0/s1. The fraction of sp³-hybridized carbons (Fsp3) is 0.500. The maximum atomic E-state index is 12.5. The van der Waals surface area contributed by atoms with Gasteiger partial charge in [0, 0.05) is 23.5 Å². The summed E-state index contributed by atoms with van der Waals surface area (Å²) in [6, 6.07) is 12.5. The van der Waals surface area contributed by atoms with Crippen molar-refractivity contribution < 1.29 is 14.3 Å². The van der Waals surface area contributed by atoms with Gasteiger partial charge in [0.25, 0.3) is 0 Å². The number of hydrogen-bond donors (Lipinski definition) is 0. The number of rotatable bonds is 7. The number of allylic oxidation sites excluding steroid dienone is 1. The van der Waals surface area contributed by atoms with Crippen molar-refractivity contribution >= 4 is 23.3 Å². The van der Waals surface area contributed by atoms with Crippen LogP contribution in [-0.4, -0.2) is 31.3 Å². The van der Waals surface area contributed by atoms with E-state index in [0.717, 1.165) is 73.6 Å². The number of esters is 1. The summed E-state index contributed by atoms with van der Waals surface area (Å²) in [5.41, 5.74) is 4.15. The molecule has 2 aliphatic rings. The lowest BCUT2D eigenvalue weighted by Gasteiger charge is -2.41. The predicted octanol–water partition coefficient (Wildman–Crippen LogP) is 7.05. The number of anilines is 1. The molecule has 0 bridgehead atoms. The minimum absolute atomic E-state index is 0.0824. The minimum Gasteiger partial charge on any atom is -0.490 e. The molecule has 2 aromatic carbocycles. The van der Waals surface area contributed by atoms with Gasteiger partial charge in [0.15, 0.2) is 0 Å². The second-order valence-corrected chi connectivity index (χ2v) is 11.4. The maximum absolute atomic E-state index is 12.5. The van der Waals surface area contributed by atoms with E-state index in [1.165, 1.54) is 11.1 Å². The third-order valence-corrected chi connectivity index (χ3v) is 7.19. The summed E-state index contributed by atoms with van der Waals surface area (Å²) in [4.78, 5) is 15.0. The number of nitrogens with zero attached hydrogens (tertiary/aromatic N) is 1. The van der Waals surface area contributed by atoms with Crippen molar-refractivity contribution in [2.24, 2.45) is 0 Å². The predicted molar refractivity (Wildman–Crippen MR) is 144 cm³/mol. The molecule has 0 aromatic heterocycles. The fourth-order valence-corrected chi connectivity index (χ4v) is 5.64. The van der Waals surface area contributed by atoms with Crippen LogP contribution in [0.2, 0.25) is 5.02 Å². The third kappa shape index (κ3) is 6.22. The van der Waals surface area contributed by atoms with Gasteiger partial charge in [-0.3, -0.25) is 4.79 Å². The molecule has 1 atom stereocenters. The van der Waals surface area contributed by atoms with Crippen LogP contribution in [0.4, 0.5) is 5.69 Å². The van der Waals surface area contributed by atoms with E-state index < -0.39 is 5.60 Å². The number of carbonyl (C=O) groups excluding carboxylic acids is 1. The zero-order chi connectivity index (χ0) is 25.1. The first kappa shape index (κ1) is 25.6. The Kier molecular flexibility index (Phi) is 7.80. The topological polar surface area (TPSA) is 38.8 Å². The second kappa shape index (κ2) is 10.7. The number of fused-ring (bicyclic) bond motifs is 3. The van der Waals surface area contributed by atoms with Gasteiger partial charge < -0.3 is 14.4 Å². The van der Waals surface area contributed by atoms with Gasteiger partial charge in [0.1, 0.15) is 11.4 Å². The van der Waals surface area contributed by atoms with Crippen LogP contribution in [0, 0.1) is 0 Å². The van der Waals surface area contributed by atoms with Crippen LogP contribution in [0.1, 0.15) is 69.6 Å². The number of hydrogen-bond acceptors (Lipinski definition) is 4. The molecule has 1 aliphatic carbocycles. The number of benzene rings is 2. The summed E-state index contributed by atoms with van der Waals surface area (Å²) in [6.45, 7) is 12.0. The molecular formula is C30H38ClNO3. The van der Waals surface area contributed by atoms with Crippen LogP contribution < -0.4 is 9.64 Å². The molecule has 1 heterocycles. The molecule has 5 heteroatoms. The Balaban J connectivity index is 1.65. The van der Waals surface area contributed by atoms with Crippen LogP contribution in [0.15, 0.2) is 49.1 Å². The molecule has 1 aliphatic heterocycles. The minimum atomic E-state index is -0.493. The van der Waals surface area contributed by atoms with E-state index in [2.05, 4.69) is 29.7 Å². The average Bonchev–Trinajstić information content (AvgIpc) is 2.93. The zero-order valence-corrected chi connectivity index (χ0v) is 22.1. The van der Waals surface area contributed by atoms with Gasteiger partial charge >= 0.3 is 5.97 Å². The smallest absolute Gasteiger partial charge is 0.310 e. The van der Waals surface area contributed by atoms with Crippen molar-refractivity contribution in [3.05, 3.63) is 70.8 Å². The summed E-state index contributed by atoms with van der Waals surface area (Å²) in [6.07, 6.45) is 8.71. The zero-order valence-electron chi connectivity index (χ0n) is 21.4. The number of halogens is 1. The third-order valence-electron chi connectivity index (χ3n) is 6.96. The van der Waals surface area contributed by atoms with Gasteiger partial charge in [-0.1, -0.05) is 29.8 Å². The second-order valence-electron chi connectivity index (χ2n) is 11.0. The van der Waals surface area contributed by atoms with Gasteiger partial charge in [0.05, 0.1) is 18.7 Å². The molecule has 0 amide bonds. The Hall–Kier alpha value is -2.46. The van der Waals surface area contributed by atoms with Crippen molar-refractivity contribution in [3.8, 4) is 5.75 Å². The fourth-order valence-electron chi connectivity index (χ4n) is 5.44. The van der Waals surface area contributed by atoms with E-state index >= 15 is 0 Å². The van der Waals surface area contributed by atoms with E-state index in [4.69, 9.17) is 21.1 Å². The highest BCUT2D eigenvalue weighted by atomic mass is 35.5. The van der Waals surface area contributed by atoms with E-state index in [9.17, 15) is 4.79 Å². The van der Waals surface area contributed by atoms with Crippen molar-refractivity contribution in [2.45, 2.75) is 76.7 Å². The van der Waals surface area contributed by atoms with Crippen molar-refractivity contribution in [2.75, 3.05) is 24.6 Å². The number of ether oxygens (including phenoxy) is 2. The van der Waals surface area contributed by atoms with Crippen LogP contribution in [-0.2, 0) is 27.8 Å². The van der Waals surface area contributed by atoms with E-state index in [1.54, 1.807) is 0 Å². The maximum Gasteiger partial charge on any atom is 0.310 e. The quantitative estimate of drug-likeness (QED) is 0.234. The highest BCUT2D eigenvalue weighted by Gasteiger charge is 2.41. The molecule has 0 saturated carbocycles. The first-order valence-corrected chi connectivity index (χ1v) is 13.2. The molecule has 0 radical (unpaired) electrons. The Morgan fingerprint density at radius 2 is 2.06 bits per heavy atom. The Morgan fingerprint density at radius 1 is 1.23 bits per heavy atom. The number of unbranched alkanes of at least 4 members (excludes halogenated alkanes) is 2. The van der Waals surface area contributed by atoms with Crippen molar-refractivity contribution in [1.29, 1.82) is 0 Å². The molecule has 0 fully saturated rings. The first-order valence-electron chi connectivity index (χ1n) is 12.8.